The van der Waals surface area contributed by atoms with Gasteiger partial charge in [-0.25, -0.2) is 0 Å². The minimum atomic E-state index is 0.130. The zero-order valence-electron chi connectivity index (χ0n) is 19.6. The van der Waals surface area contributed by atoms with E-state index in [1.165, 1.54) is 31.2 Å². The molecule has 0 aromatic heterocycles. The van der Waals surface area contributed by atoms with Gasteiger partial charge in [-0.1, -0.05) is 38.3 Å². The Morgan fingerprint density at radius 3 is 2.45 bits per heavy atom. The fourth-order valence-corrected chi connectivity index (χ4v) is 5.10. The highest BCUT2D eigenvalue weighted by atomic mass is 127. The van der Waals surface area contributed by atoms with Crippen molar-refractivity contribution in [1.82, 2.24) is 9.80 Å². The van der Waals surface area contributed by atoms with Gasteiger partial charge in [0.15, 0.2) is 0 Å². The van der Waals surface area contributed by atoms with Crippen LogP contribution in [0, 0.1) is 11.8 Å². The van der Waals surface area contributed by atoms with Crippen LogP contribution in [0.2, 0.25) is 0 Å². The maximum atomic E-state index is 12.9. The average molecular weight is 562 g/mol. The van der Waals surface area contributed by atoms with Crippen LogP contribution in [0.1, 0.15) is 54.9 Å². The molecule has 1 saturated carbocycles. The molecule has 33 heavy (non-hydrogen) atoms. The van der Waals surface area contributed by atoms with Crippen molar-refractivity contribution in [3.63, 3.8) is 0 Å². The Bertz CT molecular complexity index is 883. The summed E-state index contributed by atoms with van der Waals surface area (Å²) < 4.78 is 9.11. The highest BCUT2D eigenvalue weighted by Crippen LogP contribution is 2.32. The maximum Gasteiger partial charge on any atom is 0.253 e. The van der Waals surface area contributed by atoms with Crippen LogP contribution in [0.5, 0.6) is 5.75 Å². The number of nitrogens with zero attached hydrogens (tertiary/aromatic N) is 2. The second-order valence-corrected chi connectivity index (χ2v) is 10.2. The first-order chi connectivity index (χ1) is 16.1. The van der Waals surface area contributed by atoms with E-state index in [0.29, 0.717) is 5.92 Å². The fraction of sp³-hybridized carbons (Fsp3) is 0.519. The lowest BCUT2D eigenvalue weighted by molar-refractivity contribution is 0.0761. The Morgan fingerprint density at radius 1 is 1.03 bits per heavy atom. The Labute approximate surface area is 212 Å². The molecule has 2 aromatic rings. The highest BCUT2D eigenvalue weighted by molar-refractivity contribution is 14.1. The molecule has 178 valence electrons. The number of nitrogens with one attached hydrogen (secondary N) is 1. The summed E-state index contributed by atoms with van der Waals surface area (Å²) in [5.41, 5.74) is 3.07. The largest absolute Gasteiger partial charge is 0.493 e. The van der Waals surface area contributed by atoms with Gasteiger partial charge in [-0.15, -0.1) is 0 Å². The Kier molecular flexibility index (Phi) is 8.89. The van der Waals surface area contributed by atoms with Crippen molar-refractivity contribution in [2.24, 2.45) is 11.8 Å². The van der Waals surface area contributed by atoms with E-state index >= 15 is 0 Å². The molecule has 0 radical (unpaired) electrons. The maximum absolute atomic E-state index is 12.9. The minimum absolute atomic E-state index is 0.130. The van der Waals surface area contributed by atoms with Crippen molar-refractivity contribution in [1.29, 1.82) is 0 Å². The molecule has 1 N–H and O–H groups in total. The standard InChI is InChI=1S/C27H36IN3O2/c1-21(18-22-4-2-5-22)20-33-26-12-6-23(7-13-26)19-30-14-3-15-31(17-16-30)27(32)24-8-10-25(29-28)11-9-24/h6-13,21-22,29H,2-5,14-20H2,1H3. The van der Waals surface area contributed by atoms with Crippen LogP contribution in [-0.4, -0.2) is 48.5 Å². The molecule has 1 aliphatic heterocycles. The summed E-state index contributed by atoms with van der Waals surface area (Å²) >= 11 is 2.10. The molecule has 1 amide bonds. The van der Waals surface area contributed by atoms with Crippen molar-refractivity contribution < 1.29 is 9.53 Å². The third kappa shape index (κ3) is 7.09. The van der Waals surface area contributed by atoms with Gasteiger partial charge in [-0.3, -0.25) is 9.69 Å². The molecule has 1 unspecified atom stereocenters. The zero-order valence-corrected chi connectivity index (χ0v) is 21.8. The molecule has 1 atom stereocenters. The van der Waals surface area contributed by atoms with Crippen molar-refractivity contribution in [3.05, 3.63) is 59.7 Å². The molecule has 2 aliphatic rings. The number of anilines is 1. The monoisotopic (exact) mass is 561 g/mol. The van der Waals surface area contributed by atoms with E-state index < -0.39 is 0 Å². The normalized spacial score (nSPS) is 18.3. The van der Waals surface area contributed by atoms with Crippen LogP contribution in [-0.2, 0) is 6.54 Å². The van der Waals surface area contributed by atoms with Gasteiger partial charge in [-0.05, 0) is 66.6 Å². The summed E-state index contributed by atoms with van der Waals surface area (Å²) in [6.07, 6.45) is 6.53. The molecule has 0 spiro atoms. The van der Waals surface area contributed by atoms with E-state index in [1.54, 1.807) is 0 Å². The molecule has 4 rings (SSSR count). The summed E-state index contributed by atoms with van der Waals surface area (Å²) in [5, 5.41) is 0. The van der Waals surface area contributed by atoms with Crippen molar-refractivity contribution in [2.45, 2.75) is 45.6 Å². The quantitative estimate of drug-likeness (QED) is 0.301. The van der Waals surface area contributed by atoms with Gasteiger partial charge >= 0.3 is 0 Å². The minimum Gasteiger partial charge on any atom is -0.493 e. The summed E-state index contributed by atoms with van der Waals surface area (Å²) in [6.45, 7) is 7.52. The highest BCUT2D eigenvalue weighted by Gasteiger charge is 2.21. The predicted molar refractivity (Wildman–Crippen MR) is 143 cm³/mol. The first kappa shape index (κ1) is 24.3. The first-order valence-corrected chi connectivity index (χ1v) is 13.4. The smallest absolute Gasteiger partial charge is 0.253 e. The predicted octanol–water partition coefficient (Wildman–Crippen LogP) is 6.00. The van der Waals surface area contributed by atoms with Gasteiger partial charge < -0.3 is 13.2 Å². The third-order valence-electron chi connectivity index (χ3n) is 6.94. The average Bonchev–Trinajstić information content (AvgIpc) is 3.06. The fourth-order valence-electron chi connectivity index (χ4n) is 4.74. The lowest BCUT2D eigenvalue weighted by atomic mass is 9.79. The van der Waals surface area contributed by atoms with E-state index in [2.05, 4.69) is 62.5 Å². The van der Waals surface area contributed by atoms with E-state index in [-0.39, 0.29) is 5.91 Å². The van der Waals surface area contributed by atoms with Crippen LogP contribution < -0.4 is 8.27 Å². The Morgan fingerprint density at radius 2 is 1.79 bits per heavy atom. The molecular formula is C27H36IN3O2. The summed E-state index contributed by atoms with van der Waals surface area (Å²) in [7, 11) is 0. The zero-order chi connectivity index (χ0) is 23.0. The van der Waals surface area contributed by atoms with Gasteiger partial charge in [0.2, 0.25) is 0 Å². The Hall–Kier alpha value is -1.80. The molecule has 1 saturated heterocycles. The lowest BCUT2D eigenvalue weighted by Gasteiger charge is -2.28. The number of carbonyl (C=O) groups is 1. The van der Waals surface area contributed by atoms with Crippen molar-refractivity contribution >= 4 is 34.5 Å². The molecule has 1 heterocycles. The summed E-state index contributed by atoms with van der Waals surface area (Å²) in [5.74, 6) is 2.66. The summed E-state index contributed by atoms with van der Waals surface area (Å²) in [6, 6.07) is 16.3. The number of amides is 1. The van der Waals surface area contributed by atoms with Gasteiger partial charge in [-0.2, -0.15) is 0 Å². The second-order valence-electron chi connectivity index (χ2n) is 9.69. The summed E-state index contributed by atoms with van der Waals surface area (Å²) in [4.78, 5) is 17.4. The number of rotatable bonds is 9. The molecular weight excluding hydrogens is 525 g/mol. The molecule has 5 nitrogen and oxygen atoms in total. The topological polar surface area (TPSA) is 44.8 Å². The van der Waals surface area contributed by atoms with Crippen LogP contribution >= 0.6 is 22.9 Å². The third-order valence-corrected chi connectivity index (χ3v) is 7.56. The Balaban J connectivity index is 1.22. The van der Waals surface area contributed by atoms with E-state index in [0.717, 1.165) is 68.7 Å². The first-order valence-electron chi connectivity index (χ1n) is 12.3. The van der Waals surface area contributed by atoms with Crippen LogP contribution in [0.25, 0.3) is 0 Å². The molecule has 6 heteroatoms. The van der Waals surface area contributed by atoms with Crippen LogP contribution in [0.3, 0.4) is 0 Å². The van der Waals surface area contributed by atoms with Gasteiger partial charge in [0.1, 0.15) is 5.75 Å². The number of carbonyl (C=O) groups excluding carboxylic acids is 1. The number of ether oxygens (including phenoxy) is 1. The molecule has 0 bridgehead atoms. The molecule has 2 fully saturated rings. The second kappa shape index (κ2) is 12.1. The van der Waals surface area contributed by atoms with Crippen molar-refractivity contribution in [2.75, 3.05) is 36.3 Å². The molecule has 2 aromatic carbocycles. The van der Waals surface area contributed by atoms with E-state index in [4.69, 9.17) is 4.74 Å². The van der Waals surface area contributed by atoms with Gasteiger partial charge in [0.25, 0.3) is 5.91 Å². The molecule has 1 aliphatic carbocycles. The lowest BCUT2D eigenvalue weighted by Crippen LogP contribution is -2.35. The number of hydrogen-bond donors (Lipinski definition) is 1. The number of halogens is 1. The van der Waals surface area contributed by atoms with E-state index in [1.807, 2.05) is 29.2 Å². The number of hydrogen-bond acceptors (Lipinski definition) is 4. The van der Waals surface area contributed by atoms with Crippen LogP contribution in [0.4, 0.5) is 5.69 Å². The van der Waals surface area contributed by atoms with Gasteiger partial charge in [0, 0.05) is 44.0 Å². The van der Waals surface area contributed by atoms with Gasteiger partial charge in [0.05, 0.1) is 29.5 Å². The van der Waals surface area contributed by atoms with Crippen molar-refractivity contribution in [3.8, 4) is 5.75 Å². The number of benzene rings is 2. The van der Waals surface area contributed by atoms with Crippen LogP contribution in [0.15, 0.2) is 48.5 Å². The SMILES string of the molecule is CC(COc1ccc(CN2CCCN(C(=O)c3ccc(NI)cc3)CC2)cc1)CC1CCC1. The van der Waals surface area contributed by atoms with E-state index in [9.17, 15) is 4.79 Å².